The van der Waals surface area contributed by atoms with E-state index in [9.17, 15) is 0 Å². The van der Waals surface area contributed by atoms with Gasteiger partial charge in [-0.25, -0.2) is 10.8 Å². The Morgan fingerprint density at radius 2 is 2.06 bits per heavy atom. The fourth-order valence-corrected chi connectivity index (χ4v) is 2.50. The van der Waals surface area contributed by atoms with Crippen LogP contribution in [0.25, 0.3) is 0 Å². The summed E-state index contributed by atoms with van der Waals surface area (Å²) in [4.78, 5) is 8.29. The average molecular weight is 373 g/mol. The van der Waals surface area contributed by atoms with Crippen molar-refractivity contribution < 1.29 is 0 Å². The maximum absolute atomic E-state index is 5.29. The molecule has 4 N–H and O–H groups in total. The Morgan fingerprint density at radius 3 is 2.72 bits per heavy atom. The van der Waals surface area contributed by atoms with E-state index in [1.807, 2.05) is 25.1 Å². The summed E-state index contributed by atoms with van der Waals surface area (Å²) >= 11 is 6.90. The zero-order valence-electron chi connectivity index (χ0n) is 9.54. The first-order valence-corrected chi connectivity index (χ1v) is 6.71. The minimum Gasteiger partial charge on any atom is -0.339 e. The van der Waals surface area contributed by atoms with E-state index in [0.717, 1.165) is 20.2 Å². The number of anilines is 3. The largest absolute Gasteiger partial charge is 0.339 e. The molecule has 0 saturated carbocycles. The molecule has 18 heavy (non-hydrogen) atoms. The summed E-state index contributed by atoms with van der Waals surface area (Å²) in [6, 6.07) is 5.86. The van der Waals surface area contributed by atoms with Gasteiger partial charge in [-0.05, 0) is 41.1 Å². The van der Waals surface area contributed by atoms with Gasteiger partial charge in [-0.2, -0.15) is 4.98 Å². The molecule has 0 atom stereocenters. The van der Waals surface area contributed by atoms with Crippen LogP contribution in [0.5, 0.6) is 0 Å². The van der Waals surface area contributed by atoms with Gasteiger partial charge in [0.05, 0.1) is 5.69 Å². The molecule has 0 unspecified atom stereocenters. The molecule has 7 heteroatoms. The summed E-state index contributed by atoms with van der Waals surface area (Å²) in [5, 5.41) is 3.23. The van der Waals surface area contributed by atoms with Crippen LogP contribution in [0.15, 0.2) is 33.3 Å². The highest BCUT2D eigenvalue weighted by atomic mass is 79.9. The van der Waals surface area contributed by atoms with Crippen molar-refractivity contribution in [3.05, 3.63) is 38.9 Å². The van der Waals surface area contributed by atoms with E-state index in [-0.39, 0.29) is 0 Å². The first kappa shape index (κ1) is 13.3. The Labute approximate surface area is 121 Å². The minimum atomic E-state index is 0.372. The van der Waals surface area contributed by atoms with Crippen LogP contribution in [0.2, 0.25) is 0 Å². The number of rotatable bonds is 3. The van der Waals surface area contributed by atoms with Crippen molar-refractivity contribution in [3.63, 3.8) is 0 Å². The number of nitrogens with one attached hydrogen (secondary N) is 2. The van der Waals surface area contributed by atoms with E-state index >= 15 is 0 Å². The number of aryl methyl sites for hydroxylation is 1. The molecule has 2 rings (SSSR count). The van der Waals surface area contributed by atoms with Crippen LogP contribution in [-0.2, 0) is 0 Å². The van der Waals surface area contributed by atoms with Gasteiger partial charge in [-0.15, -0.1) is 0 Å². The van der Waals surface area contributed by atoms with Crippen molar-refractivity contribution >= 4 is 49.3 Å². The second kappa shape index (κ2) is 5.64. The number of nitrogens with two attached hydrogens (primary N) is 1. The van der Waals surface area contributed by atoms with E-state index < -0.39 is 0 Å². The van der Waals surface area contributed by atoms with Gasteiger partial charge in [0.15, 0.2) is 0 Å². The summed E-state index contributed by atoms with van der Waals surface area (Å²) in [7, 11) is 0. The number of aromatic nitrogens is 2. The third kappa shape index (κ3) is 2.98. The quantitative estimate of drug-likeness (QED) is 0.569. The molecular formula is C11H11Br2N5. The predicted molar refractivity (Wildman–Crippen MR) is 79.7 cm³/mol. The van der Waals surface area contributed by atoms with Crippen LogP contribution in [0.3, 0.4) is 0 Å². The summed E-state index contributed by atoms with van der Waals surface area (Å²) in [5.74, 6) is 6.37. The standard InChI is InChI=1S/C11H11Br2N5/c1-6-5-15-11(18-14)17-10(6)16-9-3-2-7(12)4-8(9)13/h2-5H,14H2,1H3,(H2,15,16,17,18). The first-order valence-electron chi connectivity index (χ1n) is 5.12. The topological polar surface area (TPSA) is 75.9 Å². The van der Waals surface area contributed by atoms with E-state index in [1.54, 1.807) is 6.20 Å². The Bertz CT molecular complexity index is 573. The van der Waals surface area contributed by atoms with Crippen LogP contribution in [-0.4, -0.2) is 9.97 Å². The SMILES string of the molecule is Cc1cnc(NN)nc1Nc1ccc(Br)cc1Br. The Hall–Kier alpha value is -1.18. The summed E-state index contributed by atoms with van der Waals surface area (Å²) in [6.45, 7) is 1.93. The maximum Gasteiger partial charge on any atom is 0.239 e. The zero-order valence-corrected chi connectivity index (χ0v) is 12.7. The van der Waals surface area contributed by atoms with E-state index in [2.05, 4.69) is 52.6 Å². The lowest BCUT2D eigenvalue weighted by Crippen LogP contribution is -2.11. The molecule has 0 amide bonds. The molecule has 2 aromatic rings. The highest BCUT2D eigenvalue weighted by Gasteiger charge is 2.06. The normalized spacial score (nSPS) is 10.2. The molecule has 0 aliphatic rings. The fourth-order valence-electron chi connectivity index (χ4n) is 1.36. The molecule has 5 nitrogen and oxygen atoms in total. The van der Waals surface area contributed by atoms with E-state index in [1.165, 1.54) is 0 Å². The molecule has 0 saturated heterocycles. The van der Waals surface area contributed by atoms with Crippen molar-refractivity contribution in [1.82, 2.24) is 9.97 Å². The van der Waals surface area contributed by atoms with Crippen LogP contribution < -0.4 is 16.6 Å². The molecule has 94 valence electrons. The first-order chi connectivity index (χ1) is 8.60. The second-order valence-corrected chi connectivity index (χ2v) is 5.39. The molecule has 0 fully saturated rings. The molecule has 0 bridgehead atoms. The number of nitrogens with zero attached hydrogens (tertiary/aromatic N) is 2. The lowest BCUT2D eigenvalue weighted by Gasteiger charge is -2.11. The third-order valence-corrected chi connectivity index (χ3v) is 3.43. The number of halogens is 2. The number of nitrogen functional groups attached to an aromatic ring is 1. The molecule has 0 radical (unpaired) electrons. The fraction of sp³-hybridized carbons (Fsp3) is 0.0909. The van der Waals surface area contributed by atoms with Gasteiger partial charge in [-0.1, -0.05) is 15.9 Å². The van der Waals surface area contributed by atoms with Gasteiger partial charge < -0.3 is 5.32 Å². The molecule has 0 aliphatic carbocycles. The summed E-state index contributed by atoms with van der Waals surface area (Å²) in [6.07, 6.45) is 1.71. The monoisotopic (exact) mass is 371 g/mol. The van der Waals surface area contributed by atoms with Crippen LogP contribution >= 0.6 is 31.9 Å². The number of hydrogen-bond acceptors (Lipinski definition) is 5. The molecule has 1 aromatic heterocycles. The Balaban J connectivity index is 2.33. The predicted octanol–water partition coefficient (Wildman–Crippen LogP) is 3.34. The Kier molecular flexibility index (Phi) is 4.15. The van der Waals surface area contributed by atoms with Gasteiger partial charge in [0.25, 0.3) is 0 Å². The maximum atomic E-state index is 5.29. The van der Waals surface area contributed by atoms with E-state index in [0.29, 0.717) is 11.8 Å². The van der Waals surface area contributed by atoms with Gasteiger partial charge in [0.1, 0.15) is 5.82 Å². The average Bonchev–Trinajstić information content (AvgIpc) is 2.35. The van der Waals surface area contributed by atoms with Crippen LogP contribution in [0.4, 0.5) is 17.5 Å². The smallest absolute Gasteiger partial charge is 0.239 e. The molecule has 1 aromatic carbocycles. The highest BCUT2D eigenvalue weighted by Crippen LogP contribution is 2.29. The van der Waals surface area contributed by atoms with E-state index in [4.69, 9.17) is 5.84 Å². The summed E-state index contributed by atoms with van der Waals surface area (Å²) in [5.41, 5.74) is 4.28. The number of hydrogen-bond donors (Lipinski definition) is 3. The van der Waals surface area contributed by atoms with Crippen molar-refractivity contribution in [3.8, 4) is 0 Å². The lowest BCUT2D eigenvalue weighted by atomic mass is 10.3. The zero-order chi connectivity index (χ0) is 13.1. The highest BCUT2D eigenvalue weighted by molar-refractivity contribution is 9.11. The molecule has 1 heterocycles. The van der Waals surface area contributed by atoms with Crippen LogP contribution in [0, 0.1) is 6.92 Å². The van der Waals surface area contributed by atoms with Gasteiger partial charge in [0.2, 0.25) is 5.95 Å². The van der Waals surface area contributed by atoms with Crippen molar-refractivity contribution in [2.45, 2.75) is 6.92 Å². The summed E-state index contributed by atoms with van der Waals surface area (Å²) < 4.78 is 1.95. The Morgan fingerprint density at radius 1 is 1.28 bits per heavy atom. The van der Waals surface area contributed by atoms with Gasteiger partial charge in [-0.3, -0.25) is 5.43 Å². The molecule has 0 aliphatic heterocycles. The second-order valence-electron chi connectivity index (χ2n) is 3.62. The lowest BCUT2D eigenvalue weighted by molar-refractivity contribution is 1.09. The van der Waals surface area contributed by atoms with Crippen molar-refractivity contribution in [2.75, 3.05) is 10.7 Å². The van der Waals surface area contributed by atoms with Crippen molar-refractivity contribution in [1.29, 1.82) is 0 Å². The molecular weight excluding hydrogens is 362 g/mol. The van der Waals surface area contributed by atoms with Crippen LogP contribution in [0.1, 0.15) is 5.56 Å². The molecule has 0 spiro atoms. The third-order valence-electron chi connectivity index (χ3n) is 2.29. The van der Waals surface area contributed by atoms with Crippen molar-refractivity contribution in [2.24, 2.45) is 5.84 Å². The number of hydrazine groups is 1. The number of benzene rings is 1. The van der Waals surface area contributed by atoms with Gasteiger partial charge >= 0.3 is 0 Å². The minimum absolute atomic E-state index is 0.372. The van der Waals surface area contributed by atoms with Gasteiger partial charge in [0, 0.05) is 20.7 Å².